The number of nitrogens with zero attached hydrogens (tertiary/aromatic N) is 3. The Bertz CT molecular complexity index is 824. The Morgan fingerprint density at radius 3 is 3.18 bits per heavy atom. The molecule has 0 saturated heterocycles. The molecule has 0 radical (unpaired) electrons. The molecule has 7 heteroatoms. The fourth-order valence-corrected chi connectivity index (χ4v) is 3.32. The second-order valence-corrected chi connectivity index (χ2v) is 6.22. The fourth-order valence-electron chi connectivity index (χ4n) is 2.69. The first-order valence-electron chi connectivity index (χ1n) is 7.05. The first kappa shape index (κ1) is 13.4. The van der Waals surface area contributed by atoms with E-state index in [9.17, 15) is 4.79 Å². The molecule has 1 N–H and O–H groups in total. The largest absolute Gasteiger partial charge is 0.461 e. The Kier molecular flexibility index (Phi) is 3.36. The van der Waals surface area contributed by atoms with Crippen molar-refractivity contribution in [3.05, 3.63) is 56.6 Å². The zero-order valence-corrected chi connectivity index (χ0v) is 12.6. The molecule has 0 spiro atoms. The van der Waals surface area contributed by atoms with Crippen LogP contribution in [-0.2, 0) is 19.5 Å². The van der Waals surface area contributed by atoms with Crippen molar-refractivity contribution in [2.45, 2.75) is 19.5 Å². The Morgan fingerprint density at radius 2 is 2.41 bits per heavy atom. The van der Waals surface area contributed by atoms with Gasteiger partial charge in [-0.3, -0.25) is 14.7 Å². The van der Waals surface area contributed by atoms with E-state index in [0.717, 1.165) is 30.8 Å². The summed E-state index contributed by atoms with van der Waals surface area (Å²) in [6.07, 6.45) is 4.22. The van der Waals surface area contributed by atoms with E-state index >= 15 is 0 Å². The normalized spacial score (nSPS) is 14.9. The van der Waals surface area contributed by atoms with Gasteiger partial charge in [-0.05, 0) is 12.1 Å². The molecule has 4 rings (SSSR count). The fraction of sp³-hybridized carbons (Fsp3) is 0.267. The van der Waals surface area contributed by atoms with Gasteiger partial charge in [-0.1, -0.05) is 0 Å². The lowest BCUT2D eigenvalue weighted by molar-refractivity contribution is 0.244. The van der Waals surface area contributed by atoms with Gasteiger partial charge < -0.3 is 9.40 Å². The molecule has 0 bridgehead atoms. The summed E-state index contributed by atoms with van der Waals surface area (Å²) >= 11 is 1.64. The van der Waals surface area contributed by atoms with Gasteiger partial charge in [0.15, 0.2) is 11.6 Å². The SMILES string of the molecule is O=c1[nH]c(-c2ccco2)nc2c1CN(Cc1cncs1)CC2. The molecular formula is C15H14N4O2S. The molecular weight excluding hydrogens is 300 g/mol. The van der Waals surface area contributed by atoms with Crippen LogP contribution in [0.3, 0.4) is 0 Å². The second-order valence-electron chi connectivity index (χ2n) is 5.25. The molecule has 6 nitrogen and oxygen atoms in total. The van der Waals surface area contributed by atoms with Crippen LogP contribution in [0.2, 0.25) is 0 Å². The molecule has 0 aromatic carbocycles. The highest BCUT2D eigenvalue weighted by Crippen LogP contribution is 2.20. The van der Waals surface area contributed by atoms with Gasteiger partial charge in [-0.25, -0.2) is 4.98 Å². The van der Waals surface area contributed by atoms with E-state index in [1.165, 1.54) is 4.88 Å². The predicted octanol–water partition coefficient (Wildman–Crippen LogP) is 2.04. The summed E-state index contributed by atoms with van der Waals surface area (Å²) in [5.74, 6) is 1.09. The summed E-state index contributed by atoms with van der Waals surface area (Å²) < 4.78 is 5.31. The molecule has 0 aliphatic carbocycles. The van der Waals surface area contributed by atoms with E-state index in [1.807, 2.05) is 11.7 Å². The van der Waals surface area contributed by atoms with Crippen LogP contribution >= 0.6 is 11.3 Å². The van der Waals surface area contributed by atoms with Gasteiger partial charge in [0.2, 0.25) is 0 Å². The minimum atomic E-state index is -0.0783. The number of hydrogen-bond donors (Lipinski definition) is 1. The standard InChI is InChI=1S/C15H14N4O2S/c20-15-11-8-19(7-10-6-16-9-22-10)4-3-12(11)17-14(18-15)13-2-1-5-21-13/h1-2,5-6,9H,3-4,7-8H2,(H,17,18,20). The maximum absolute atomic E-state index is 12.4. The van der Waals surface area contributed by atoms with Crippen LogP contribution in [0.5, 0.6) is 0 Å². The maximum atomic E-state index is 12.4. The van der Waals surface area contributed by atoms with Crippen molar-refractivity contribution in [3.63, 3.8) is 0 Å². The molecule has 4 heterocycles. The summed E-state index contributed by atoms with van der Waals surface area (Å²) in [4.78, 5) is 27.3. The van der Waals surface area contributed by atoms with Crippen LogP contribution in [0, 0.1) is 0 Å². The van der Waals surface area contributed by atoms with Gasteiger partial charge in [0, 0.05) is 37.1 Å². The van der Waals surface area contributed by atoms with Crippen LogP contribution in [0.1, 0.15) is 16.1 Å². The lowest BCUT2D eigenvalue weighted by Gasteiger charge is -2.26. The molecule has 3 aromatic heterocycles. The topological polar surface area (TPSA) is 75.0 Å². The van der Waals surface area contributed by atoms with Crippen LogP contribution < -0.4 is 5.56 Å². The lowest BCUT2D eigenvalue weighted by Crippen LogP contribution is -2.35. The summed E-state index contributed by atoms with van der Waals surface area (Å²) in [5.41, 5.74) is 3.38. The molecule has 0 amide bonds. The Labute approximate surface area is 130 Å². The van der Waals surface area contributed by atoms with E-state index in [4.69, 9.17) is 4.42 Å². The highest BCUT2D eigenvalue weighted by Gasteiger charge is 2.22. The minimum absolute atomic E-state index is 0.0783. The Hall–Kier alpha value is -2.25. The quantitative estimate of drug-likeness (QED) is 0.801. The average Bonchev–Trinajstić information content (AvgIpc) is 3.20. The number of aromatic amines is 1. The van der Waals surface area contributed by atoms with E-state index in [0.29, 0.717) is 18.1 Å². The smallest absolute Gasteiger partial charge is 0.256 e. The van der Waals surface area contributed by atoms with Gasteiger partial charge >= 0.3 is 0 Å². The molecule has 0 saturated carbocycles. The maximum Gasteiger partial charge on any atom is 0.256 e. The van der Waals surface area contributed by atoms with Crippen molar-refractivity contribution in [2.24, 2.45) is 0 Å². The zero-order chi connectivity index (χ0) is 14.9. The molecule has 0 unspecified atom stereocenters. The second kappa shape index (κ2) is 5.51. The molecule has 0 atom stereocenters. The predicted molar refractivity (Wildman–Crippen MR) is 82.5 cm³/mol. The summed E-state index contributed by atoms with van der Waals surface area (Å²) in [5, 5.41) is 0. The number of thiazole rings is 1. The third kappa shape index (κ3) is 2.49. The van der Waals surface area contributed by atoms with Crippen LogP contribution in [0.4, 0.5) is 0 Å². The number of nitrogens with one attached hydrogen (secondary N) is 1. The number of furan rings is 1. The van der Waals surface area contributed by atoms with Crippen molar-refractivity contribution < 1.29 is 4.42 Å². The van der Waals surface area contributed by atoms with Gasteiger partial charge in [0.25, 0.3) is 5.56 Å². The summed E-state index contributed by atoms with van der Waals surface area (Å²) in [6, 6.07) is 3.58. The Balaban J connectivity index is 1.61. The highest BCUT2D eigenvalue weighted by molar-refractivity contribution is 7.09. The molecule has 1 aliphatic heterocycles. The van der Waals surface area contributed by atoms with E-state index in [1.54, 1.807) is 29.7 Å². The van der Waals surface area contributed by atoms with Gasteiger partial charge in [0.05, 0.1) is 23.0 Å². The number of hydrogen-bond acceptors (Lipinski definition) is 6. The van der Waals surface area contributed by atoms with Crippen LogP contribution in [-0.4, -0.2) is 26.4 Å². The van der Waals surface area contributed by atoms with Gasteiger partial charge in [0.1, 0.15) is 0 Å². The van der Waals surface area contributed by atoms with Crippen LogP contribution in [0.25, 0.3) is 11.6 Å². The van der Waals surface area contributed by atoms with Crippen molar-refractivity contribution in [3.8, 4) is 11.6 Å². The van der Waals surface area contributed by atoms with Crippen molar-refractivity contribution in [1.82, 2.24) is 19.9 Å². The molecule has 0 fully saturated rings. The molecule has 1 aliphatic rings. The van der Waals surface area contributed by atoms with Crippen molar-refractivity contribution >= 4 is 11.3 Å². The third-order valence-electron chi connectivity index (χ3n) is 3.77. The monoisotopic (exact) mass is 314 g/mol. The van der Waals surface area contributed by atoms with E-state index in [2.05, 4.69) is 19.9 Å². The number of aromatic nitrogens is 3. The number of rotatable bonds is 3. The molecule has 22 heavy (non-hydrogen) atoms. The van der Waals surface area contributed by atoms with Crippen molar-refractivity contribution in [2.75, 3.05) is 6.54 Å². The number of fused-ring (bicyclic) bond motifs is 1. The molecule has 3 aromatic rings. The first-order chi connectivity index (χ1) is 10.8. The Morgan fingerprint density at radius 1 is 1.45 bits per heavy atom. The first-order valence-corrected chi connectivity index (χ1v) is 7.93. The minimum Gasteiger partial charge on any atom is -0.461 e. The van der Waals surface area contributed by atoms with Gasteiger partial charge in [-0.2, -0.15) is 0 Å². The zero-order valence-electron chi connectivity index (χ0n) is 11.8. The van der Waals surface area contributed by atoms with Gasteiger partial charge in [-0.15, -0.1) is 11.3 Å². The van der Waals surface area contributed by atoms with E-state index in [-0.39, 0.29) is 5.56 Å². The van der Waals surface area contributed by atoms with E-state index < -0.39 is 0 Å². The highest BCUT2D eigenvalue weighted by atomic mass is 32.1. The molecule has 112 valence electrons. The summed E-state index contributed by atoms with van der Waals surface area (Å²) in [7, 11) is 0. The lowest BCUT2D eigenvalue weighted by atomic mass is 10.1. The number of H-pyrrole nitrogens is 1. The third-order valence-corrected chi connectivity index (χ3v) is 4.53. The summed E-state index contributed by atoms with van der Waals surface area (Å²) in [6.45, 7) is 2.33. The average molecular weight is 314 g/mol. The van der Waals surface area contributed by atoms with Crippen LogP contribution in [0.15, 0.2) is 39.3 Å². The van der Waals surface area contributed by atoms with Crippen molar-refractivity contribution in [1.29, 1.82) is 0 Å².